The van der Waals surface area contributed by atoms with Crippen molar-refractivity contribution in [3.8, 4) is 5.69 Å². The molecule has 1 amide bonds. The van der Waals surface area contributed by atoms with E-state index in [-0.39, 0.29) is 11.1 Å². The lowest BCUT2D eigenvalue weighted by atomic mass is 10.1. The van der Waals surface area contributed by atoms with Crippen LogP contribution in [0.1, 0.15) is 10.4 Å². The predicted molar refractivity (Wildman–Crippen MR) is 87.2 cm³/mol. The van der Waals surface area contributed by atoms with Crippen LogP contribution in [0.5, 0.6) is 0 Å². The number of pyridine rings is 1. The number of halogens is 1. The second-order valence-corrected chi connectivity index (χ2v) is 4.96. The van der Waals surface area contributed by atoms with Crippen LogP contribution in [0.4, 0.5) is 4.39 Å². The first kappa shape index (κ1) is 15.4. The van der Waals surface area contributed by atoms with E-state index in [1.807, 2.05) is 0 Å². The predicted octanol–water partition coefficient (Wildman–Crippen LogP) is 2.28. The smallest absolute Gasteiger partial charge is 0.262 e. The van der Waals surface area contributed by atoms with Crippen LogP contribution < -0.4 is 10.9 Å². The molecule has 6 nitrogen and oxygen atoms in total. The van der Waals surface area contributed by atoms with E-state index in [4.69, 9.17) is 5.21 Å². The molecule has 0 radical (unpaired) electrons. The number of carbonyl (C=O) groups excluding carboxylic acids is 1. The van der Waals surface area contributed by atoms with Crippen LogP contribution in [0, 0.1) is 5.82 Å². The molecule has 0 saturated carbocycles. The highest BCUT2D eigenvalue weighted by atomic mass is 19.1. The highest BCUT2D eigenvalue weighted by molar-refractivity contribution is 6.09. The highest BCUT2D eigenvalue weighted by Gasteiger charge is 2.15. The summed E-state index contributed by atoms with van der Waals surface area (Å²) in [6.45, 7) is 0. The summed E-state index contributed by atoms with van der Waals surface area (Å²) in [7, 11) is 0. The van der Waals surface area contributed by atoms with Gasteiger partial charge in [-0.3, -0.25) is 14.2 Å². The third kappa shape index (κ3) is 2.74. The van der Waals surface area contributed by atoms with Gasteiger partial charge < -0.3 is 10.5 Å². The van der Waals surface area contributed by atoms with Crippen molar-refractivity contribution in [2.75, 3.05) is 0 Å². The van der Waals surface area contributed by atoms with Gasteiger partial charge in [0.2, 0.25) is 0 Å². The standard InChI is InChI=1S/C17H12FN3O3/c18-11-5-7-12(8-6-11)21-9-15(16(22)19-10-20-24)13-3-1-2-4-14(13)17(21)23/h1-10,24H,(H,19,20,22). The molecule has 3 aromatic rings. The molecular formula is C17H12FN3O3. The molecule has 2 aromatic carbocycles. The fraction of sp³-hybridized carbons (Fsp3) is 0. The van der Waals surface area contributed by atoms with Crippen LogP contribution in [0.3, 0.4) is 0 Å². The SMILES string of the molecule is O=C(N/C=N\O)c1cn(-c2ccc(F)cc2)c(=O)c2ccccc12. The van der Waals surface area contributed by atoms with Crippen molar-refractivity contribution in [3.05, 3.63) is 76.5 Å². The van der Waals surface area contributed by atoms with Gasteiger partial charge >= 0.3 is 0 Å². The van der Waals surface area contributed by atoms with Crippen LogP contribution >= 0.6 is 0 Å². The van der Waals surface area contributed by atoms with Crippen molar-refractivity contribution in [1.29, 1.82) is 0 Å². The Morgan fingerprint density at radius 3 is 2.46 bits per heavy atom. The Hall–Kier alpha value is -3.48. The van der Waals surface area contributed by atoms with Crippen molar-refractivity contribution in [1.82, 2.24) is 9.88 Å². The number of fused-ring (bicyclic) bond motifs is 1. The molecule has 0 atom stereocenters. The van der Waals surface area contributed by atoms with Gasteiger partial charge in [-0.2, -0.15) is 0 Å². The third-order valence-electron chi connectivity index (χ3n) is 3.53. The first-order valence-corrected chi connectivity index (χ1v) is 6.99. The molecule has 0 aliphatic heterocycles. The Morgan fingerprint density at radius 1 is 1.12 bits per heavy atom. The van der Waals surface area contributed by atoms with E-state index in [0.717, 1.165) is 6.34 Å². The minimum Gasteiger partial charge on any atom is -0.410 e. The van der Waals surface area contributed by atoms with E-state index < -0.39 is 11.7 Å². The van der Waals surface area contributed by atoms with Crippen molar-refractivity contribution in [2.24, 2.45) is 5.16 Å². The summed E-state index contributed by atoms with van der Waals surface area (Å²) in [6.07, 6.45) is 2.21. The van der Waals surface area contributed by atoms with Gasteiger partial charge in [0.05, 0.1) is 5.56 Å². The lowest BCUT2D eigenvalue weighted by Crippen LogP contribution is -2.26. The molecule has 3 rings (SSSR count). The average Bonchev–Trinajstić information content (AvgIpc) is 2.61. The monoisotopic (exact) mass is 325 g/mol. The van der Waals surface area contributed by atoms with Gasteiger partial charge in [0.25, 0.3) is 11.5 Å². The molecule has 7 heteroatoms. The maximum atomic E-state index is 13.1. The topological polar surface area (TPSA) is 83.7 Å². The van der Waals surface area contributed by atoms with E-state index in [1.54, 1.807) is 24.3 Å². The number of rotatable bonds is 3. The maximum absolute atomic E-state index is 13.1. The second-order valence-electron chi connectivity index (χ2n) is 4.96. The van der Waals surface area contributed by atoms with E-state index >= 15 is 0 Å². The molecule has 0 bridgehead atoms. The summed E-state index contributed by atoms with van der Waals surface area (Å²) < 4.78 is 14.4. The molecule has 1 aromatic heterocycles. The fourth-order valence-electron chi connectivity index (χ4n) is 2.43. The first-order valence-electron chi connectivity index (χ1n) is 6.99. The summed E-state index contributed by atoms with van der Waals surface area (Å²) in [5, 5.41) is 14.3. The molecule has 1 heterocycles. The number of nitrogens with one attached hydrogen (secondary N) is 1. The molecule has 2 N–H and O–H groups in total. The zero-order chi connectivity index (χ0) is 17.1. The number of benzene rings is 2. The normalized spacial score (nSPS) is 11.0. The molecular weight excluding hydrogens is 313 g/mol. The van der Waals surface area contributed by atoms with Crippen LogP contribution in [0.15, 0.2) is 64.7 Å². The van der Waals surface area contributed by atoms with Crippen LogP contribution in [0.2, 0.25) is 0 Å². The summed E-state index contributed by atoms with van der Waals surface area (Å²) in [4.78, 5) is 25.0. The lowest BCUT2D eigenvalue weighted by Gasteiger charge is -2.11. The van der Waals surface area contributed by atoms with Gasteiger partial charge in [0.15, 0.2) is 0 Å². The minimum atomic E-state index is -0.542. The molecule has 0 aliphatic rings. The highest BCUT2D eigenvalue weighted by Crippen LogP contribution is 2.17. The number of hydrogen-bond donors (Lipinski definition) is 2. The Morgan fingerprint density at radius 2 is 1.79 bits per heavy atom. The second kappa shape index (κ2) is 6.33. The van der Waals surface area contributed by atoms with Gasteiger partial charge in [-0.25, -0.2) is 4.39 Å². The zero-order valence-corrected chi connectivity index (χ0v) is 12.3. The Labute approximate surface area is 135 Å². The molecule has 0 fully saturated rings. The number of hydrogen-bond acceptors (Lipinski definition) is 4. The van der Waals surface area contributed by atoms with E-state index in [1.165, 1.54) is 35.0 Å². The Bertz CT molecular complexity index is 994. The van der Waals surface area contributed by atoms with Gasteiger partial charge in [-0.05, 0) is 30.3 Å². The van der Waals surface area contributed by atoms with Crippen LogP contribution in [0.25, 0.3) is 16.5 Å². The third-order valence-corrected chi connectivity index (χ3v) is 3.53. The maximum Gasteiger partial charge on any atom is 0.262 e. The van der Waals surface area contributed by atoms with E-state index in [2.05, 4.69) is 10.5 Å². The zero-order valence-electron chi connectivity index (χ0n) is 12.3. The number of oxime groups is 1. The fourth-order valence-corrected chi connectivity index (χ4v) is 2.43. The van der Waals surface area contributed by atoms with Crippen molar-refractivity contribution < 1.29 is 14.4 Å². The van der Waals surface area contributed by atoms with E-state index in [0.29, 0.717) is 16.5 Å². The summed E-state index contributed by atoms with van der Waals surface area (Å²) >= 11 is 0. The number of amides is 1. The van der Waals surface area contributed by atoms with Crippen molar-refractivity contribution in [2.45, 2.75) is 0 Å². The van der Waals surface area contributed by atoms with Gasteiger partial charge in [-0.1, -0.05) is 23.4 Å². The molecule has 24 heavy (non-hydrogen) atoms. The number of carbonyl (C=O) groups is 1. The number of aromatic nitrogens is 1. The van der Waals surface area contributed by atoms with Crippen molar-refractivity contribution in [3.63, 3.8) is 0 Å². The van der Waals surface area contributed by atoms with Gasteiger partial charge in [-0.15, -0.1) is 0 Å². The summed E-state index contributed by atoms with van der Waals surface area (Å²) in [5.41, 5.74) is 0.316. The van der Waals surface area contributed by atoms with Gasteiger partial charge in [0, 0.05) is 22.7 Å². The molecule has 0 unspecified atom stereocenters. The quantitative estimate of drug-likeness (QED) is 0.335. The van der Waals surface area contributed by atoms with Crippen LogP contribution in [-0.4, -0.2) is 22.0 Å². The molecule has 0 aliphatic carbocycles. The average molecular weight is 325 g/mol. The minimum absolute atomic E-state index is 0.217. The lowest BCUT2D eigenvalue weighted by molar-refractivity contribution is 0.0978. The Balaban J connectivity index is 2.27. The Kier molecular flexibility index (Phi) is 4.07. The first-order chi connectivity index (χ1) is 11.6. The molecule has 0 spiro atoms. The van der Waals surface area contributed by atoms with Crippen LogP contribution in [-0.2, 0) is 0 Å². The van der Waals surface area contributed by atoms with E-state index in [9.17, 15) is 14.0 Å². The largest absolute Gasteiger partial charge is 0.410 e. The van der Waals surface area contributed by atoms with Gasteiger partial charge in [0.1, 0.15) is 12.2 Å². The van der Waals surface area contributed by atoms with Crippen molar-refractivity contribution >= 4 is 23.0 Å². The number of nitrogens with zero attached hydrogens (tertiary/aromatic N) is 2. The molecule has 120 valence electrons. The summed E-state index contributed by atoms with van der Waals surface area (Å²) in [5.74, 6) is -0.968. The summed E-state index contributed by atoms with van der Waals surface area (Å²) in [6, 6.07) is 12.0. The molecule has 0 saturated heterocycles.